The van der Waals surface area contributed by atoms with Crippen LogP contribution >= 0.6 is 11.6 Å². The molecule has 23 heavy (non-hydrogen) atoms. The minimum Gasteiger partial charge on any atom is -0.496 e. The Bertz CT molecular complexity index is 740. The maximum atomic E-state index is 12.3. The van der Waals surface area contributed by atoms with E-state index < -0.39 is 0 Å². The van der Waals surface area contributed by atoms with Gasteiger partial charge in [0.05, 0.1) is 29.1 Å². The van der Waals surface area contributed by atoms with Gasteiger partial charge < -0.3 is 15.8 Å². The number of hydrogen-bond acceptors (Lipinski definition) is 4. The molecule has 7 heteroatoms. The fraction of sp³-hybridized carbons (Fsp3) is 0.375. The molecule has 6 nitrogen and oxygen atoms in total. The molecular weight excluding hydrogens is 316 g/mol. The van der Waals surface area contributed by atoms with E-state index in [4.69, 9.17) is 22.1 Å². The Balaban J connectivity index is 2.07. The van der Waals surface area contributed by atoms with Crippen LogP contribution in [0.2, 0.25) is 5.02 Å². The van der Waals surface area contributed by atoms with Crippen molar-refractivity contribution < 1.29 is 9.53 Å². The van der Waals surface area contributed by atoms with E-state index in [1.165, 1.54) is 13.2 Å². The normalized spacial score (nSPS) is 10.7. The molecule has 2 rings (SSSR count). The average molecular weight is 337 g/mol. The van der Waals surface area contributed by atoms with Crippen molar-refractivity contribution >= 4 is 23.2 Å². The summed E-state index contributed by atoms with van der Waals surface area (Å²) in [6.45, 7) is 4.48. The predicted octanol–water partition coefficient (Wildman–Crippen LogP) is 2.25. The molecule has 1 aromatic carbocycles. The summed E-state index contributed by atoms with van der Waals surface area (Å²) in [4.78, 5) is 12.3. The first-order valence-electron chi connectivity index (χ1n) is 7.25. The number of anilines is 1. The van der Waals surface area contributed by atoms with Crippen LogP contribution in [0.3, 0.4) is 0 Å². The summed E-state index contributed by atoms with van der Waals surface area (Å²) in [5.74, 6) is 0.154. The fourth-order valence-electron chi connectivity index (χ4n) is 2.49. The highest BCUT2D eigenvalue weighted by Gasteiger charge is 2.15. The molecule has 1 aromatic heterocycles. The number of methoxy groups -OCH3 is 1. The van der Waals surface area contributed by atoms with Crippen LogP contribution in [0.25, 0.3) is 0 Å². The van der Waals surface area contributed by atoms with E-state index in [-0.39, 0.29) is 5.91 Å². The van der Waals surface area contributed by atoms with Crippen LogP contribution in [0.1, 0.15) is 27.3 Å². The number of amides is 1. The number of carbonyl (C=O) groups is 1. The number of nitrogen functional groups attached to an aromatic ring is 1. The Morgan fingerprint density at radius 1 is 1.43 bits per heavy atom. The number of benzene rings is 1. The highest BCUT2D eigenvalue weighted by atomic mass is 35.5. The molecule has 0 radical (unpaired) electrons. The molecule has 0 unspecified atom stereocenters. The Labute approximate surface area is 140 Å². The molecule has 2 aromatic rings. The summed E-state index contributed by atoms with van der Waals surface area (Å²) < 4.78 is 7.04. The maximum Gasteiger partial charge on any atom is 0.255 e. The van der Waals surface area contributed by atoms with Crippen LogP contribution in [0, 0.1) is 13.8 Å². The molecule has 0 aliphatic carbocycles. The lowest BCUT2D eigenvalue weighted by atomic mass is 10.1. The number of hydrogen-bond donors (Lipinski definition) is 2. The first-order chi connectivity index (χ1) is 10.8. The van der Waals surface area contributed by atoms with E-state index in [1.54, 1.807) is 6.07 Å². The highest BCUT2D eigenvalue weighted by Crippen LogP contribution is 2.28. The monoisotopic (exact) mass is 336 g/mol. The number of halogens is 1. The van der Waals surface area contributed by atoms with Crippen molar-refractivity contribution in [3.05, 3.63) is 39.7 Å². The second-order valence-corrected chi connectivity index (χ2v) is 5.76. The molecular formula is C16H21ClN4O2. The third-order valence-corrected chi connectivity index (χ3v) is 4.21. The molecule has 0 atom stereocenters. The number of nitrogens with one attached hydrogen (secondary N) is 1. The Hall–Kier alpha value is -2.21. The fourth-order valence-corrected chi connectivity index (χ4v) is 2.65. The topological polar surface area (TPSA) is 82.2 Å². The predicted molar refractivity (Wildman–Crippen MR) is 91.1 cm³/mol. The zero-order valence-electron chi connectivity index (χ0n) is 13.7. The molecule has 1 amide bonds. The van der Waals surface area contributed by atoms with Crippen molar-refractivity contribution in [1.82, 2.24) is 15.1 Å². The number of rotatable bonds is 5. The largest absolute Gasteiger partial charge is 0.496 e. The second kappa shape index (κ2) is 6.91. The van der Waals surface area contributed by atoms with Gasteiger partial charge in [0.25, 0.3) is 5.91 Å². The molecule has 0 saturated carbocycles. The zero-order chi connectivity index (χ0) is 17.1. The number of aromatic nitrogens is 2. The van der Waals surface area contributed by atoms with Crippen LogP contribution < -0.4 is 15.8 Å². The summed E-state index contributed by atoms with van der Waals surface area (Å²) in [5, 5.41) is 7.57. The third-order valence-electron chi connectivity index (χ3n) is 3.88. The van der Waals surface area contributed by atoms with E-state index in [1.807, 2.05) is 25.6 Å². The summed E-state index contributed by atoms with van der Waals surface area (Å²) >= 11 is 5.99. The van der Waals surface area contributed by atoms with Crippen molar-refractivity contribution in [3.63, 3.8) is 0 Å². The summed E-state index contributed by atoms with van der Waals surface area (Å²) in [6.07, 6.45) is 0.711. The Morgan fingerprint density at radius 3 is 2.70 bits per heavy atom. The maximum absolute atomic E-state index is 12.3. The van der Waals surface area contributed by atoms with Crippen molar-refractivity contribution in [3.8, 4) is 5.75 Å². The van der Waals surface area contributed by atoms with Crippen molar-refractivity contribution in [2.75, 3.05) is 19.4 Å². The van der Waals surface area contributed by atoms with Crippen LogP contribution in [0.4, 0.5) is 5.69 Å². The SMILES string of the molecule is COc1cc(N)c(Cl)cc1C(=O)NCCc1c(C)nn(C)c1C. The van der Waals surface area contributed by atoms with Crippen LogP contribution in [0.15, 0.2) is 12.1 Å². The molecule has 0 saturated heterocycles. The lowest BCUT2D eigenvalue weighted by molar-refractivity contribution is 0.0951. The Kier molecular flexibility index (Phi) is 5.15. The van der Waals surface area contributed by atoms with Gasteiger partial charge in [-0.25, -0.2) is 0 Å². The van der Waals surface area contributed by atoms with Crippen LogP contribution in [-0.4, -0.2) is 29.3 Å². The van der Waals surface area contributed by atoms with Gasteiger partial charge in [-0.05, 0) is 31.9 Å². The van der Waals surface area contributed by atoms with Crippen molar-refractivity contribution in [1.29, 1.82) is 0 Å². The standard InChI is InChI=1S/C16H21ClN4O2/c1-9-11(10(2)21(3)20-9)5-6-19-16(22)12-7-13(17)14(18)8-15(12)23-4/h7-8H,5-6,18H2,1-4H3,(H,19,22). The number of aryl methyl sites for hydroxylation is 2. The van der Waals surface area contributed by atoms with E-state index in [0.29, 0.717) is 35.0 Å². The quantitative estimate of drug-likeness (QED) is 0.820. The van der Waals surface area contributed by atoms with Gasteiger partial charge in [-0.2, -0.15) is 5.10 Å². The molecule has 0 fully saturated rings. The first-order valence-corrected chi connectivity index (χ1v) is 7.63. The number of nitrogens with zero attached hydrogens (tertiary/aromatic N) is 2. The third kappa shape index (κ3) is 3.59. The first kappa shape index (κ1) is 17.1. The molecule has 124 valence electrons. The summed E-state index contributed by atoms with van der Waals surface area (Å²) in [5.41, 5.74) is 9.70. The molecule has 0 bridgehead atoms. The van der Waals surface area contributed by atoms with E-state index >= 15 is 0 Å². The lowest BCUT2D eigenvalue weighted by Gasteiger charge is -2.11. The number of carbonyl (C=O) groups excluding carboxylic acids is 1. The molecule has 0 aliphatic rings. The molecule has 0 aliphatic heterocycles. The van der Waals surface area contributed by atoms with Gasteiger partial charge >= 0.3 is 0 Å². The van der Waals surface area contributed by atoms with Gasteiger partial charge in [-0.1, -0.05) is 11.6 Å². The zero-order valence-corrected chi connectivity index (χ0v) is 14.5. The number of ether oxygens (including phenoxy) is 1. The minimum absolute atomic E-state index is 0.247. The van der Waals surface area contributed by atoms with Gasteiger partial charge in [0, 0.05) is 25.4 Å². The molecule has 3 N–H and O–H groups in total. The minimum atomic E-state index is -0.247. The summed E-state index contributed by atoms with van der Waals surface area (Å²) in [7, 11) is 3.40. The van der Waals surface area contributed by atoms with Gasteiger partial charge in [-0.15, -0.1) is 0 Å². The van der Waals surface area contributed by atoms with Crippen molar-refractivity contribution in [2.24, 2.45) is 7.05 Å². The van der Waals surface area contributed by atoms with Crippen LogP contribution in [-0.2, 0) is 13.5 Å². The number of nitrogens with two attached hydrogens (primary N) is 1. The van der Waals surface area contributed by atoms with Gasteiger partial charge in [-0.3, -0.25) is 9.48 Å². The Morgan fingerprint density at radius 2 is 2.13 bits per heavy atom. The lowest BCUT2D eigenvalue weighted by Crippen LogP contribution is -2.26. The van der Waals surface area contributed by atoms with E-state index in [0.717, 1.165) is 17.0 Å². The molecule has 0 spiro atoms. The smallest absolute Gasteiger partial charge is 0.255 e. The van der Waals surface area contributed by atoms with Crippen molar-refractivity contribution in [2.45, 2.75) is 20.3 Å². The van der Waals surface area contributed by atoms with Gasteiger partial charge in [0.1, 0.15) is 5.75 Å². The van der Waals surface area contributed by atoms with Gasteiger partial charge in [0.2, 0.25) is 0 Å². The van der Waals surface area contributed by atoms with E-state index in [2.05, 4.69) is 10.4 Å². The second-order valence-electron chi connectivity index (χ2n) is 5.35. The van der Waals surface area contributed by atoms with Gasteiger partial charge in [0.15, 0.2) is 0 Å². The highest BCUT2D eigenvalue weighted by molar-refractivity contribution is 6.33. The van der Waals surface area contributed by atoms with E-state index in [9.17, 15) is 4.79 Å². The summed E-state index contributed by atoms with van der Waals surface area (Å²) in [6, 6.07) is 3.07. The molecule has 1 heterocycles. The van der Waals surface area contributed by atoms with Crippen LogP contribution in [0.5, 0.6) is 5.75 Å². The average Bonchev–Trinajstić information content (AvgIpc) is 2.75.